The number of amides is 2. The fourth-order valence-electron chi connectivity index (χ4n) is 3.88. The minimum absolute atomic E-state index is 0.0536. The largest absolute Gasteiger partial charge is 0.417 e. The van der Waals surface area contributed by atoms with Crippen LogP contribution >= 0.6 is 11.6 Å². The fourth-order valence-corrected chi connectivity index (χ4v) is 4.24. The summed E-state index contributed by atoms with van der Waals surface area (Å²) in [5.74, 6) is -2.13. The molecule has 0 aliphatic carbocycles. The average Bonchev–Trinajstić information content (AvgIpc) is 3.13. The molecular weight excluding hydrogens is 511 g/mol. The first kappa shape index (κ1) is 24.1. The summed E-state index contributed by atoms with van der Waals surface area (Å²) >= 11 is 6.22. The van der Waals surface area contributed by atoms with Crippen LogP contribution in [0.3, 0.4) is 0 Å². The lowest BCUT2D eigenvalue weighted by Crippen LogP contribution is -2.50. The van der Waals surface area contributed by atoms with Gasteiger partial charge in [0.1, 0.15) is 17.7 Å². The van der Waals surface area contributed by atoms with Crippen LogP contribution in [0.1, 0.15) is 35.5 Å². The lowest BCUT2D eigenvalue weighted by molar-refractivity contribution is -0.137. The van der Waals surface area contributed by atoms with Gasteiger partial charge in [-0.05, 0) is 31.2 Å². The lowest BCUT2D eigenvalue weighted by Gasteiger charge is -2.26. The monoisotopic (exact) mass is 526 g/mol. The number of ether oxygens (including phenoxy) is 1. The van der Waals surface area contributed by atoms with Crippen LogP contribution in [0, 0.1) is 11.6 Å². The molecule has 0 radical (unpaired) electrons. The van der Waals surface area contributed by atoms with Crippen molar-refractivity contribution < 1.29 is 31.5 Å². The first-order valence-corrected chi connectivity index (χ1v) is 11.0. The van der Waals surface area contributed by atoms with Gasteiger partial charge in [0, 0.05) is 5.56 Å². The van der Waals surface area contributed by atoms with Crippen molar-refractivity contribution >= 4 is 29.3 Å². The summed E-state index contributed by atoms with van der Waals surface area (Å²) in [5.41, 5.74) is -2.72. The van der Waals surface area contributed by atoms with E-state index < -0.39 is 51.7 Å². The lowest BCUT2D eigenvalue weighted by atomic mass is 9.97. The van der Waals surface area contributed by atoms with Crippen LogP contribution in [-0.2, 0) is 10.9 Å². The molecule has 5 rings (SSSR count). The number of halogens is 6. The van der Waals surface area contributed by atoms with Crippen LogP contribution < -0.4 is 10.6 Å². The summed E-state index contributed by atoms with van der Waals surface area (Å²) in [7, 11) is 0. The molecule has 2 aromatic carbocycles. The van der Waals surface area contributed by atoms with Gasteiger partial charge >= 0.3 is 12.2 Å². The van der Waals surface area contributed by atoms with E-state index in [-0.39, 0.29) is 29.1 Å². The summed E-state index contributed by atoms with van der Waals surface area (Å²) in [5, 5.41) is 8.48. The molecule has 0 unspecified atom stereocenters. The Bertz CT molecular complexity index is 1380. The second-order valence-corrected chi connectivity index (χ2v) is 8.49. The second-order valence-electron chi connectivity index (χ2n) is 8.11. The minimum atomic E-state index is -4.86. The molecule has 0 bridgehead atoms. The average molecular weight is 527 g/mol. The molecule has 2 aliphatic heterocycles. The number of nitrogens with zero attached hydrogens (tertiary/aromatic N) is 4. The van der Waals surface area contributed by atoms with Crippen LogP contribution in [-0.4, -0.2) is 45.8 Å². The molecule has 1 aromatic heterocycles. The van der Waals surface area contributed by atoms with Crippen molar-refractivity contribution in [3.8, 4) is 5.69 Å². The van der Waals surface area contributed by atoms with Crippen LogP contribution in [0.25, 0.3) is 5.69 Å². The summed E-state index contributed by atoms with van der Waals surface area (Å²) < 4.78 is 76.8. The van der Waals surface area contributed by atoms with E-state index in [9.17, 15) is 26.7 Å². The molecular formula is C22H16ClF5N6O2. The van der Waals surface area contributed by atoms with Gasteiger partial charge in [-0.25, -0.2) is 18.3 Å². The fraction of sp³-hybridized carbons (Fsp3) is 0.273. The van der Waals surface area contributed by atoms with Gasteiger partial charge in [0.15, 0.2) is 5.82 Å². The van der Waals surface area contributed by atoms with E-state index in [1.54, 1.807) is 0 Å². The van der Waals surface area contributed by atoms with E-state index in [0.29, 0.717) is 13.2 Å². The molecule has 2 amide bonds. The maximum atomic E-state index is 14.8. The van der Waals surface area contributed by atoms with Gasteiger partial charge in [0.05, 0.1) is 46.8 Å². The van der Waals surface area contributed by atoms with E-state index in [4.69, 9.17) is 16.3 Å². The predicted octanol–water partition coefficient (Wildman–Crippen LogP) is 4.65. The topological polar surface area (TPSA) is 93.4 Å². The van der Waals surface area contributed by atoms with Gasteiger partial charge in [-0.3, -0.25) is 10.3 Å². The van der Waals surface area contributed by atoms with Crippen LogP contribution in [0.15, 0.2) is 35.3 Å². The van der Waals surface area contributed by atoms with Crippen molar-refractivity contribution in [2.75, 3.05) is 18.5 Å². The Labute approximate surface area is 205 Å². The zero-order valence-corrected chi connectivity index (χ0v) is 19.1. The molecule has 188 valence electrons. The van der Waals surface area contributed by atoms with E-state index in [0.717, 1.165) is 35.0 Å². The third-order valence-electron chi connectivity index (χ3n) is 5.62. The van der Waals surface area contributed by atoms with Crippen LogP contribution in [0.5, 0.6) is 0 Å². The molecule has 0 spiro atoms. The number of carbonyl (C=O) groups excluding carboxylic acids is 1. The molecule has 0 saturated carbocycles. The standard InChI is InChI=1S/C22H16ClF5N6O2/c1-9-19-31-20(32-21(35)30-10-7-36-8-10)33-34(19)14-6-5-11(22(26,27)28)17(23)16(14)18(29-9)15-12(24)3-2-4-13(15)25/h2-6,9-10H,7-8H2,1H3,(H2,30,32,33,35)/t9-/m0/s1. The Hall–Kier alpha value is -3.58. The number of aliphatic imine (C=N–C) groups is 1. The predicted molar refractivity (Wildman–Crippen MR) is 119 cm³/mol. The maximum Gasteiger partial charge on any atom is 0.417 e. The Morgan fingerprint density at radius 2 is 1.83 bits per heavy atom. The van der Waals surface area contributed by atoms with Crippen LogP contribution in [0.4, 0.5) is 32.7 Å². The highest BCUT2D eigenvalue weighted by Gasteiger charge is 2.38. The highest BCUT2D eigenvalue weighted by molar-refractivity contribution is 6.37. The molecule has 2 aliphatic rings. The number of aromatic nitrogens is 3. The first-order valence-electron chi connectivity index (χ1n) is 10.6. The molecule has 3 aromatic rings. The molecule has 36 heavy (non-hydrogen) atoms. The number of nitrogens with one attached hydrogen (secondary N) is 2. The third-order valence-corrected chi connectivity index (χ3v) is 6.01. The number of alkyl halides is 3. The van der Waals surface area contributed by atoms with Crippen molar-refractivity contribution in [2.24, 2.45) is 4.99 Å². The van der Waals surface area contributed by atoms with E-state index in [1.807, 2.05) is 0 Å². The zero-order valence-electron chi connectivity index (χ0n) is 18.3. The SMILES string of the molecule is C[C@@H]1N=C(c2c(F)cccc2F)c2c(ccc(C(F)(F)F)c2Cl)-n2nc(NC(=O)NC3COC3)nc21. The molecule has 8 nitrogen and oxygen atoms in total. The summed E-state index contributed by atoms with van der Waals surface area (Å²) in [6.07, 6.45) is -4.86. The summed E-state index contributed by atoms with van der Waals surface area (Å²) in [4.78, 5) is 20.8. The molecule has 2 N–H and O–H groups in total. The van der Waals surface area contributed by atoms with Crippen LogP contribution in [0.2, 0.25) is 5.02 Å². The van der Waals surface area contributed by atoms with Crippen molar-refractivity contribution in [2.45, 2.75) is 25.2 Å². The Morgan fingerprint density at radius 1 is 1.14 bits per heavy atom. The highest BCUT2D eigenvalue weighted by Crippen LogP contribution is 2.42. The number of benzene rings is 2. The zero-order chi connectivity index (χ0) is 25.8. The summed E-state index contributed by atoms with van der Waals surface area (Å²) in [6.45, 7) is 2.23. The highest BCUT2D eigenvalue weighted by atomic mass is 35.5. The second kappa shape index (κ2) is 8.82. The number of anilines is 1. The molecule has 1 atom stereocenters. The number of carbonyl (C=O) groups is 1. The number of hydrogen-bond acceptors (Lipinski definition) is 5. The maximum absolute atomic E-state index is 14.8. The summed E-state index contributed by atoms with van der Waals surface area (Å²) in [6, 6.07) is 3.10. The van der Waals surface area contributed by atoms with Gasteiger partial charge in [0.2, 0.25) is 0 Å². The van der Waals surface area contributed by atoms with Gasteiger partial charge in [0.25, 0.3) is 5.95 Å². The molecule has 14 heteroatoms. The van der Waals surface area contributed by atoms with E-state index in [1.165, 1.54) is 6.92 Å². The Balaban J connectivity index is 1.68. The normalized spacial score (nSPS) is 17.4. The number of hydrogen-bond donors (Lipinski definition) is 2. The van der Waals surface area contributed by atoms with Crippen molar-refractivity contribution in [3.05, 3.63) is 69.5 Å². The van der Waals surface area contributed by atoms with Crippen molar-refractivity contribution in [1.29, 1.82) is 0 Å². The van der Waals surface area contributed by atoms with Gasteiger partial charge in [-0.1, -0.05) is 17.7 Å². The smallest absolute Gasteiger partial charge is 0.377 e. The number of urea groups is 1. The minimum Gasteiger partial charge on any atom is -0.377 e. The quantitative estimate of drug-likeness (QED) is 0.486. The van der Waals surface area contributed by atoms with Crippen molar-refractivity contribution in [3.63, 3.8) is 0 Å². The van der Waals surface area contributed by atoms with Gasteiger partial charge < -0.3 is 10.1 Å². The van der Waals surface area contributed by atoms with Crippen molar-refractivity contribution in [1.82, 2.24) is 20.1 Å². The third kappa shape index (κ3) is 4.17. The Morgan fingerprint density at radius 3 is 2.44 bits per heavy atom. The van der Waals surface area contributed by atoms with E-state index in [2.05, 4.69) is 25.7 Å². The molecule has 1 fully saturated rings. The first-order chi connectivity index (χ1) is 17.0. The Kier molecular flexibility index (Phi) is 5.91. The van der Waals surface area contributed by atoms with Gasteiger partial charge in [-0.2, -0.15) is 18.2 Å². The van der Waals surface area contributed by atoms with E-state index >= 15 is 0 Å². The number of fused-ring (bicyclic) bond motifs is 3. The molecule has 3 heterocycles. The van der Waals surface area contributed by atoms with Gasteiger partial charge in [-0.15, -0.1) is 5.10 Å². The molecule has 1 saturated heterocycles. The number of rotatable bonds is 3.